The number of imide groups is 1. The second kappa shape index (κ2) is 8.37. The van der Waals surface area contributed by atoms with Crippen molar-refractivity contribution in [2.24, 2.45) is 15.9 Å². The van der Waals surface area contributed by atoms with Crippen molar-refractivity contribution in [1.82, 2.24) is 0 Å². The maximum absolute atomic E-state index is 12.7. The Morgan fingerprint density at radius 1 is 1.22 bits per heavy atom. The van der Waals surface area contributed by atoms with Gasteiger partial charge in [-0.1, -0.05) is 59.8 Å². The number of nitrogens with zero attached hydrogens (tertiary/aromatic N) is 3. The van der Waals surface area contributed by atoms with Crippen LogP contribution < -0.4 is 10.6 Å². The first kappa shape index (κ1) is 19.1. The number of benzene rings is 2. The molecule has 27 heavy (non-hydrogen) atoms. The van der Waals surface area contributed by atoms with Gasteiger partial charge in [0.25, 0.3) is 0 Å². The molecule has 2 aromatic carbocycles. The number of para-hydroxylation sites is 1. The van der Waals surface area contributed by atoms with Gasteiger partial charge in [0.1, 0.15) is 5.25 Å². The zero-order chi connectivity index (χ0) is 19.4. The number of anilines is 1. The number of halogens is 1. The normalized spacial score (nSPS) is 17.9. The van der Waals surface area contributed by atoms with Gasteiger partial charge in [-0.2, -0.15) is 5.10 Å². The Hall–Kier alpha value is -2.64. The minimum Gasteiger partial charge on any atom is -0.377 e. The molecule has 3 rings (SSSR count). The van der Waals surface area contributed by atoms with E-state index in [1.54, 1.807) is 24.3 Å². The molecule has 0 aromatic heterocycles. The number of hydrogen-bond donors (Lipinski definition) is 1. The average molecular weight is 401 g/mol. The highest BCUT2D eigenvalue weighted by Crippen LogP contribution is 2.31. The molecular formula is C19H17ClN4O2S. The van der Waals surface area contributed by atoms with Crippen LogP contribution in [0.4, 0.5) is 5.69 Å². The van der Waals surface area contributed by atoms with Crippen molar-refractivity contribution in [3.63, 3.8) is 0 Å². The van der Waals surface area contributed by atoms with Crippen molar-refractivity contribution >= 4 is 52.2 Å². The van der Waals surface area contributed by atoms with Gasteiger partial charge in [0.2, 0.25) is 11.8 Å². The van der Waals surface area contributed by atoms with E-state index < -0.39 is 5.25 Å². The summed E-state index contributed by atoms with van der Waals surface area (Å²) in [6.45, 7) is 1.86. The summed E-state index contributed by atoms with van der Waals surface area (Å²) >= 11 is 7.07. The molecule has 2 N–H and O–H groups in total. The van der Waals surface area contributed by atoms with Crippen molar-refractivity contribution in [3.8, 4) is 0 Å². The van der Waals surface area contributed by atoms with Crippen LogP contribution in [0.15, 0.2) is 58.7 Å². The molecule has 1 aliphatic rings. The fraction of sp³-hybridized carbons (Fsp3) is 0.158. The van der Waals surface area contributed by atoms with Gasteiger partial charge in [-0.05, 0) is 24.6 Å². The molecule has 2 aromatic rings. The molecule has 1 aliphatic heterocycles. The first-order valence-corrected chi connectivity index (χ1v) is 9.43. The number of rotatable bonds is 4. The molecule has 1 atom stereocenters. The van der Waals surface area contributed by atoms with Crippen molar-refractivity contribution in [2.45, 2.75) is 18.6 Å². The van der Waals surface area contributed by atoms with E-state index in [1.807, 2.05) is 31.2 Å². The first-order chi connectivity index (χ1) is 13.0. The lowest BCUT2D eigenvalue weighted by Crippen LogP contribution is -2.32. The van der Waals surface area contributed by atoms with Gasteiger partial charge in [-0.15, -0.1) is 5.10 Å². The Morgan fingerprint density at radius 3 is 2.67 bits per heavy atom. The van der Waals surface area contributed by atoms with Crippen LogP contribution in [0.1, 0.15) is 17.5 Å². The predicted octanol–water partition coefficient (Wildman–Crippen LogP) is 3.36. The molecule has 8 heteroatoms. The quantitative estimate of drug-likeness (QED) is 0.369. The zero-order valence-corrected chi connectivity index (χ0v) is 16.1. The second-order valence-corrected chi connectivity index (χ2v) is 7.50. The maximum Gasteiger partial charge on any atom is 0.247 e. The molecular weight excluding hydrogens is 384 g/mol. The van der Waals surface area contributed by atoms with Crippen molar-refractivity contribution in [1.29, 1.82) is 0 Å². The third-order valence-electron chi connectivity index (χ3n) is 3.98. The van der Waals surface area contributed by atoms with Crippen molar-refractivity contribution in [3.05, 3.63) is 64.7 Å². The van der Waals surface area contributed by atoms with E-state index in [0.29, 0.717) is 16.3 Å². The van der Waals surface area contributed by atoms with Crippen LogP contribution in [0, 0.1) is 6.92 Å². The Bertz CT molecular complexity index is 945. The number of thioether (sulfide) groups is 1. The molecule has 0 aliphatic carbocycles. The summed E-state index contributed by atoms with van der Waals surface area (Å²) in [4.78, 5) is 26.2. The monoisotopic (exact) mass is 400 g/mol. The van der Waals surface area contributed by atoms with Gasteiger partial charge in [0.05, 0.1) is 11.9 Å². The number of carbonyl (C=O) groups is 2. The Balaban J connectivity index is 1.69. The standard InChI is InChI=1S/C19H17ClN4O2S/c1-12-6-2-5-9-15(12)24-17(25)10-16(18(24)26)27-19(21)23-22-11-13-7-3-4-8-14(13)20/h2-9,11,16H,10H2,1H3,(H2,21,23)/t16-/m0/s1. The molecule has 1 fully saturated rings. The largest absolute Gasteiger partial charge is 0.377 e. The Kier molecular flexibility index (Phi) is 5.93. The molecule has 1 saturated heterocycles. The molecule has 6 nitrogen and oxygen atoms in total. The van der Waals surface area contributed by atoms with Gasteiger partial charge in [0, 0.05) is 17.0 Å². The number of nitrogens with two attached hydrogens (primary N) is 1. The van der Waals surface area contributed by atoms with E-state index >= 15 is 0 Å². The third-order valence-corrected chi connectivity index (χ3v) is 5.30. The Labute approximate surface area is 166 Å². The summed E-state index contributed by atoms with van der Waals surface area (Å²) < 4.78 is 0. The van der Waals surface area contributed by atoms with E-state index in [-0.39, 0.29) is 23.4 Å². The lowest BCUT2D eigenvalue weighted by atomic mass is 10.2. The third kappa shape index (κ3) is 4.37. The molecule has 0 unspecified atom stereocenters. The molecule has 0 radical (unpaired) electrons. The van der Waals surface area contributed by atoms with Gasteiger partial charge < -0.3 is 5.73 Å². The van der Waals surface area contributed by atoms with Gasteiger partial charge in [-0.3, -0.25) is 9.59 Å². The first-order valence-electron chi connectivity index (χ1n) is 8.17. The zero-order valence-electron chi connectivity index (χ0n) is 14.5. The molecule has 0 saturated carbocycles. The topological polar surface area (TPSA) is 88.1 Å². The van der Waals surface area contributed by atoms with Crippen LogP contribution >= 0.6 is 23.4 Å². The number of amidine groups is 1. The van der Waals surface area contributed by atoms with E-state index in [4.69, 9.17) is 17.3 Å². The van der Waals surface area contributed by atoms with E-state index in [0.717, 1.165) is 17.3 Å². The summed E-state index contributed by atoms with van der Waals surface area (Å²) in [5, 5.41) is 7.83. The lowest BCUT2D eigenvalue weighted by molar-refractivity contribution is -0.121. The van der Waals surface area contributed by atoms with Crippen LogP contribution in [-0.4, -0.2) is 28.4 Å². The van der Waals surface area contributed by atoms with Crippen LogP contribution in [0.2, 0.25) is 5.02 Å². The number of carbonyl (C=O) groups excluding carboxylic acids is 2. The smallest absolute Gasteiger partial charge is 0.247 e. The van der Waals surface area contributed by atoms with Gasteiger partial charge >= 0.3 is 0 Å². The minimum absolute atomic E-state index is 0.0717. The highest BCUT2D eigenvalue weighted by atomic mass is 35.5. The number of aryl methyl sites for hydroxylation is 1. The van der Waals surface area contributed by atoms with Crippen molar-refractivity contribution < 1.29 is 9.59 Å². The van der Waals surface area contributed by atoms with Crippen LogP contribution in [0.25, 0.3) is 0 Å². The fourth-order valence-electron chi connectivity index (χ4n) is 2.66. The average Bonchev–Trinajstić information content (AvgIpc) is 2.91. The van der Waals surface area contributed by atoms with Crippen LogP contribution in [-0.2, 0) is 9.59 Å². The van der Waals surface area contributed by atoms with E-state index in [9.17, 15) is 9.59 Å². The second-order valence-electron chi connectivity index (χ2n) is 5.87. The highest BCUT2D eigenvalue weighted by molar-refractivity contribution is 8.14. The van der Waals surface area contributed by atoms with Gasteiger partial charge in [0.15, 0.2) is 5.17 Å². The molecule has 138 valence electrons. The van der Waals surface area contributed by atoms with Crippen LogP contribution in [0.3, 0.4) is 0 Å². The Morgan fingerprint density at radius 2 is 1.93 bits per heavy atom. The summed E-state index contributed by atoms with van der Waals surface area (Å²) in [5.41, 5.74) is 8.03. The minimum atomic E-state index is -0.614. The summed E-state index contributed by atoms with van der Waals surface area (Å²) in [6, 6.07) is 14.4. The number of amides is 2. The van der Waals surface area contributed by atoms with Gasteiger partial charge in [-0.25, -0.2) is 4.90 Å². The SMILES string of the molecule is Cc1ccccc1N1C(=O)C[C@H](SC(N)=NN=Cc2ccccc2Cl)C1=O. The molecule has 1 heterocycles. The molecule has 2 amide bonds. The van der Waals surface area contributed by atoms with E-state index in [2.05, 4.69) is 10.2 Å². The fourth-order valence-corrected chi connectivity index (χ4v) is 3.66. The lowest BCUT2D eigenvalue weighted by Gasteiger charge is -2.16. The maximum atomic E-state index is 12.7. The summed E-state index contributed by atoms with van der Waals surface area (Å²) in [6.07, 6.45) is 1.55. The molecule has 0 spiro atoms. The van der Waals surface area contributed by atoms with Crippen LogP contribution in [0.5, 0.6) is 0 Å². The van der Waals surface area contributed by atoms with Crippen molar-refractivity contribution in [2.75, 3.05) is 4.90 Å². The summed E-state index contributed by atoms with van der Waals surface area (Å²) in [7, 11) is 0. The summed E-state index contributed by atoms with van der Waals surface area (Å²) in [5.74, 6) is -0.549. The highest BCUT2D eigenvalue weighted by Gasteiger charge is 2.41. The molecule has 0 bridgehead atoms. The predicted molar refractivity (Wildman–Crippen MR) is 110 cm³/mol. The number of hydrogen-bond acceptors (Lipinski definition) is 5. The van der Waals surface area contributed by atoms with E-state index in [1.165, 1.54) is 11.1 Å².